The van der Waals surface area contributed by atoms with E-state index < -0.39 is 0 Å². The van der Waals surface area contributed by atoms with Crippen molar-refractivity contribution >= 4 is 54.4 Å². The molecule has 0 N–H and O–H groups in total. The summed E-state index contributed by atoms with van der Waals surface area (Å²) in [4.78, 5) is 9.01. The minimum absolute atomic E-state index is 0. The maximum Gasteiger partial charge on any atom is 0.0562 e. The average Bonchev–Trinajstić information content (AvgIpc) is 3.76. The summed E-state index contributed by atoms with van der Waals surface area (Å²) in [5.74, 6) is 0. The fourth-order valence-corrected chi connectivity index (χ4v) is 7.61. The van der Waals surface area contributed by atoms with Crippen LogP contribution in [0.1, 0.15) is 0 Å². The zero-order valence-electron chi connectivity index (χ0n) is 29.6. The predicted octanol–water partition coefficient (Wildman–Crippen LogP) is 12.4. The Bertz CT molecular complexity index is 3060. The van der Waals surface area contributed by atoms with Crippen molar-refractivity contribution < 1.29 is 20.1 Å². The number of benzene rings is 7. The van der Waals surface area contributed by atoms with Gasteiger partial charge in [-0.15, -0.1) is 65.7 Å². The molecule has 0 aliphatic heterocycles. The number of fused-ring (bicyclic) bond motifs is 7. The third-order valence-corrected chi connectivity index (χ3v) is 10.1. The Balaban J connectivity index is 0.000000261. The standard InChI is InChI=1S/C39H24N3.C11H8N.Ir/c1-2-14-29(15-3-1)41-36-19-8-6-17-31(36)33-23-34-32-18-7-9-20-37(32)42(39(34)24-38(33)41)30-16-10-13-27(21-30)35-22-26-11-4-5-12-28(26)25-40-35;1-2-6-10(7-3-1)11-8-4-5-9-12-11;/h1-12,14-25H;1-6,8-9H;/q2*-1;. The molecule has 0 unspecified atom stereocenters. The number of nitrogens with zero attached hydrogens (tertiary/aromatic N) is 4. The molecule has 0 aliphatic rings. The Morgan fingerprint density at radius 2 is 1.02 bits per heavy atom. The first-order valence-electron chi connectivity index (χ1n) is 18.1. The van der Waals surface area contributed by atoms with Gasteiger partial charge in [0.1, 0.15) is 0 Å². The molecule has 5 heteroatoms. The zero-order valence-corrected chi connectivity index (χ0v) is 32.0. The first-order chi connectivity index (χ1) is 26.8. The van der Waals surface area contributed by atoms with Crippen LogP contribution in [-0.4, -0.2) is 19.1 Å². The molecule has 0 atom stereocenters. The smallest absolute Gasteiger partial charge is 0.0562 e. The molecule has 11 rings (SSSR count). The van der Waals surface area contributed by atoms with E-state index in [9.17, 15) is 0 Å². The van der Waals surface area contributed by atoms with Gasteiger partial charge < -0.3 is 19.1 Å². The van der Waals surface area contributed by atoms with Crippen LogP contribution in [0.25, 0.3) is 88.3 Å². The van der Waals surface area contributed by atoms with Gasteiger partial charge in [0, 0.05) is 59.7 Å². The SMILES string of the molecule is [Ir].[c-]1ccc(-n2c3ccccc3c3cc4c5ccccc5n(-c5ccccc5)c4cc32)cc1-c1cc2ccccc2cn1.[c-]1ccccc1-c1ccccn1. The van der Waals surface area contributed by atoms with Gasteiger partial charge >= 0.3 is 0 Å². The fourth-order valence-electron chi connectivity index (χ4n) is 7.61. The van der Waals surface area contributed by atoms with Crippen LogP contribution in [0.2, 0.25) is 0 Å². The second-order valence-electron chi connectivity index (χ2n) is 13.3. The van der Waals surface area contributed by atoms with Crippen molar-refractivity contribution in [2.45, 2.75) is 0 Å². The third kappa shape index (κ3) is 6.20. The van der Waals surface area contributed by atoms with Crippen molar-refractivity contribution in [2.75, 3.05) is 0 Å². The molecule has 0 aliphatic carbocycles. The summed E-state index contributed by atoms with van der Waals surface area (Å²) in [7, 11) is 0. The van der Waals surface area contributed by atoms with Crippen LogP contribution < -0.4 is 0 Å². The molecule has 0 bridgehead atoms. The van der Waals surface area contributed by atoms with Crippen LogP contribution in [-0.2, 0) is 20.1 Å². The normalized spacial score (nSPS) is 11.1. The van der Waals surface area contributed by atoms with Crippen LogP contribution in [0.5, 0.6) is 0 Å². The summed E-state index contributed by atoms with van der Waals surface area (Å²) in [5.41, 5.74) is 10.9. The molecule has 0 spiro atoms. The monoisotopic (exact) mass is 881 g/mol. The molecule has 55 heavy (non-hydrogen) atoms. The predicted molar refractivity (Wildman–Crippen MR) is 223 cm³/mol. The topological polar surface area (TPSA) is 35.6 Å². The van der Waals surface area contributed by atoms with Crippen LogP contribution in [0.3, 0.4) is 0 Å². The van der Waals surface area contributed by atoms with E-state index in [0.29, 0.717) is 0 Å². The van der Waals surface area contributed by atoms with Gasteiger partial charge in [-0.1, -0.05) is 97.1 Å². The van der Waals surface area contributed by atoms with E-state index >= 15 is 0 Å². The molecule has 11 aromatic rings. The number of hydrogen-bond acceptors (Lipinski definition) is 2. The molecular formula is C50H32IrN4-2. The van der Waals surface area contributed by atoms with Crippen molar-refractivity contribution in [3.63, 3.8) is 0 Å². The molecule has 7 aromatic carbocycles. The van der Waals surface area contributed by atoms with E-state index in [-0.39, 0.29) is 20.1 Å². The molecule has 0 saturated heterocycles. The molecule has 0 saturated carbocycles. The van der Waals surface area contributed by atoms with Gasteiger partial charge in [-0.05, 0) is 70.3 Å². The van der Waals surface area contributed by atoms with Gasteiger partial charge in [-0.3, -0.25) is 0 Å². The van der Waals surface area contributed by atoms with E-state index in [1.165, 1.54) is 49.0 Å². The first kappa shape index (κ1) is 34.1. The van der Waals surface area contributed by atoms with Crippen molar-refractivity contribution in [1.82, 2.24) is 19.1 Å². The number of hydrogen-bond donors (Lipinski definition) is 0. The van der Waals surface area contributed by atoms with E-state index in [1.807, 2.05) is 60.8 Å². The molecule has 1 radical (unpaired) electrons. The van der Waals surface area contributed by atoms with Crippen molar-refractivity contribution in [2.24, 2.45) is 0 Å². The Hall–Kier alpha value is -6.65. The van der Waals surface area contributed by atoms with Crippen LogP contribution in [0.4, 0.5) is 0 Å². The van der Waals surface area contributed by atoms with Gasteiger partial charge in [0.2, 0.25) is 0 Å². The Morgan fingerprint density at radius 3 is 1.73 bits per heavy atom. The molecule has 4 nitrogen and oxygen atoms in total. The molecular weight excluding hydrogens is 849 g/mol. The number of aromatic nitrogens is 4. The van der Waals surface area contributed by atoms with E-state index in [2.05, 4.69) is 154 Å². The molecule has 4 heterocycles. The second kappa shape index (κ2) is 14.6. The number of rotatable bonds is 4. The Kier molecular flexibility index (Phi) is 9.09. The van der Waals surface area contributed by atoms with Crippen molar-refractivity contribution in [3.05, 3.63) is 207 Å². The first-order valence-corrected chi connectivity index (χ1v) is 18.1. The van der Waals surface area contributed by atoms with Crippen molar-refractivity contribution in [3.8, 4) is 33.9 Å². The van der Waals surface area contributed by atoms with Crippen LogP contribution in [0, 0.1) is 12.1 Å². The summed E-state index contributed by atoms with van der Waals surface area (Å²) in [6.45, 7) is 0. The van der Waals surface area contributed by atoms with E-state index in [1.54, 1.807) is 6.20 Å². The van der Waals surface area contributed by atoms with E-state index in [4.69, 9.17) is 4.98 Å². The molecule has 263 valence electrons. The molecule has 0 amide bonds. The largest absolute Gasteiger partial charge is 0.327 e. The van der Waals surface area contributed by atoms with Gasteiger partial charge in [0.15, 0.2) is 0 Å². The molecule has 0 fully saturated rings. The quantitative estimate of drug-likeness (QED) is 0.165. The number of pyridine rings is 2. The zero-order chi connectivity index (χ0) is 35.8. The minimum atomic E-state index is 0. The summed E-state index contributed by atoms with van der Waals surface area (Å²) in [6.07, 6.45) is 3.74. The Labute approximate surface area is 332 Å². The van der Waals surface area contributed by atoms with Gasteiger partial charge in [0.05, 0.1) is 22.1 Å². The Morgan fingerprint density at radius 1 is 0.382 bits per heavy atom. The third-order valence-electron chi connectivity index (χ3n) is 10.1. The maximum absolute atomic E-state index is 4.79. The van der Waals surface area contributed by atoms with Crippen LogP contribution >= 0.6 is 0 Å². The fraction of sp³-hybridized carbons (Fsp3) is 0. The summed E-state index contributed by atoms with van der Waals surface area (Å²) < 4.78 is 4.77. The second-order valence-corrected chi connectivity index (χ2v) is 13.3. The summed E-state index contributed by atoms with van der Waals surface area (Å²) in [5, 5.41) is 7.31. The molecule has 4 aromatic heterocycles. The summed E-state index contributed by atoms with van der Waals surface area (Å²) in [6, 6.07) is 69.9. The van der Waals surface area contributed by atoms with Gasteiger partial charge in [-0.2, -0.15) is 0 Å². The maximum atomic E-state index is 4.79. The van der Waals surface area contributed by atoms with Gasteiger partial charge in [-0.25, -0.2) is 0 Å². The van der Waals surface area contributed by atoms with Crippen LogP contribution in [0.15, 0.2) is 194 Å². The average molecular weight is 881 g/mol. The van der Waals surface area contributed by atoms with E-state index in [0.717, 1.165) is 39.3 Å². The minimum Gasteiger partial charge on any atom is -0.327 e. The number of para-hydroxylation sites is 3. The summed E-state index contributed by atoms with van der Waals surface area (Å²) >= 11 is 0. The van der Waals surface area contributed by atoms with Crippen molar-refractivity contribution in [1.29, 1.82) is 0 Å². The van der Waals surface area contributed by atoms with Gasteiger partial charge in [0.25, 0.3) is 0 Å².